The molecule has 3 nitrogen and oxygen atoms in total. The Bertz CT molecular complexity index is 330. The van der Waals surface area contributed by atoms with Gasteiger partial charge in [0.05, 0.1) is 6.61 Å². The van der Waals surface area contributed by atoms with Gasteiger partial charge in [0, 0.05) is 19.2 Å². The van der Waals surface area contributed by atoms with Gasteiger partial charge in [-0.25, -0.2) is 4.99 Å². The Morgan fingerprint density at radius 1 is 1.21 bits per heavy atom. The Balaban J connectivity index is 4.20. The third kappa shape index (κ3) is 8.60. The van der Waals surface area contributed by atoms with E-state index < -0.39 is 0 Å². The van der Waals surface area contributed by atoms with Crippen molar-refractivity contribution in [3.63, 3.8) is 0 Å². The van der Waals surface area contributed by atoms with Crippen molar-refractivity contribution in [1.82, 2.24) is 4.90 Å². The third-order valence-electron chi connectivity index (χ3n) is 3.25. The minimum atomic E-state index is 0.743. The molecule has 0 saturated carbocycles. The Labute approximate surface area is 119 Å². The number of rotatable bonds is 8. The van der Waals surface area contributed by atoms with Crippen LogP contribution in [0.25, 0.3) is 0 Å². The molecule has 0 rings (SSSR count). The lowest BCUT2D eigenvalue weighted by molar-refractivity contribution is 0.255. The second-order valence-electron chi connectivity index (χ2n) is 4.76. The van der Waals surface area contributed by atoms with Crippen LogP contribution in [0.2, 0.25) is 0 Å². The molecule has 0 heterocycles. The monoisotopic (exact) mass is 266 g/mol. The largest absolute Gasteiger partial charge is 0.481 e. The summed E-state index contributed by atoms with van der Waals surface area (Å²) in [5, 5.41) is 0. The molecule has 0 amide bonds. The van der Waals surface area contributed by atoms with Crippen molar-refractivity contribution in [3.05, 3.63) is 23.4 Å². The van der Waals surface area contributed by atoms with Crippen LogP contribution >= 0.6 is 0 Å². The molecule has 0 aromatic carbocycles. The fourth-order valence-corrected chi connectivity index (χ4v) is 1.41. The quantitative estimate of drug-likeness (QED) is 0.287. The van der Waals surface area contributed by atoms with Gasteiger partial charge in [-0.3, -0.25) is 0 Å². The fourth-order valence-electron chi connectivity index (χ4n) is 1.41. The molecule has 0 unspecified atom stereocenters. The van der Waals surface area contributed by atoms with Gasteiger partial charge < -0.3 is 9.64 Å². The summed E-state index contributed by atoms with van der Waals surface area (Å²) < 4.78 is 5.71. The number of aliphatic imine (C=N–C) groups is 1. The van der Waals surface area contributed by atoms with E-state index in [1.807, 2.05) is 13.1 Å². The van der Waals surface area contributed by atoms with Crippen LogP contribution in [-0.2, 0) is 4.74 Å². The first-order valence-electron chi connectivity index (χ1n) is 7.23. The van der Waals surface area contributed by atoms with Crippen molar-refractivity contribution in [3.8, 4) is 0 Å². The minimum Gasteiger partial charge on any atom is -0.481 e. The zero-order valence-electron chi connectivity index (χ0n) is 13.5. The van der Waals surface area contributed by atoms with Crippen molar-refractivity contribution in [2.75, 3.05) is 26.7 Å². The summed E-state index contributed by atoms with van der Waals surface area (Å²) in [4.78, 5) is 6.71. The van der Waals surface area contributed by atoms with Crippen LogP contribution in [0.4, 0.5) is 0 Å². The van der Waals surface area contributed by atoms with E-state index in [-0.39, 0.29) is 0 Å². The summed E-state index contributed by atoms with van der Waals surface area (Å²) >= 11 is 0. The lowest BCUT2D eigenvalue weighted by atomic mass is 10.1. The van der Waals surface area contributed by atoms with Crippen LogP contribution in [0.1, 0.15) is 47.5 Å². The van der Waals surface area contributed by atoms with Gasteiger partial charge in [-0.15, -0.1) is 0 Å². The van der Waals surface area contributed by atoms with Gasteiger partial charge in [0.2, 0.25) is 0 Å². The number of ether oxygens (including phenoxy) is 1. The molecule has 0 radical (unpaired) electrons. The van der Waals surface area contributed by atoms with Gasteiger partial charge in [-0.05, 0) is 46.4 Å². The highest BCUT2D eigenvalue weighted by Crippen LogP contribution is 2.08. The smallest absolute Gasteiger partial charge is 0.187 e. The second-order valence-corrected chi connectivity index (χ2v) is 4.76. The van der Waals surface area contributed by atoms with E-state index in [9.17, 15) is 0 Å². The SMILES string of the molecule is C/C=C(C)/C(C)=C/N=C(\CC)OCCCN(C)CC. The number of allylic oxidation sites excluding steroid dienone is 3. The maximum absolute atomic E-state index is 5.71. The lowest BCUT2D eigenvalue weighted by Crippen LogP contribution is -2.20. The maximum atomic E-state index is 5.71. The standard InChI is InChI=1S/C16H30N2O/c1-7-14(4)15(5)13-17-16(8-2)19-12-10-11-18(6)9-3/h7,13H,8-12H2,1-6H3/b14-7+,15-13+,17-16+. The summed E-state index contributed by atoms with van der Waals surface area (Å²) in [6, 6.07) is 0. The summed E-state index contributed by atoms with van der Waals surface area (Å²) in [6.45, 7) is 13.3. The van der Waals surface area contributed by atoms with Crippen molar-refractivity contribution >= 4 is 5.90 Å². The highest BCUT2D eigenvalue weighted by Gasteiger charge is 1.98. The van der Waals surface area contributed by atoms with Crippen molar-refractivity contribution < 1.29 is 4.74 Å². The summed E-state index contributed by atoms with van der Waals surface area (Å²) in [5.74, 6) is 0.822. The molecule has 0 aliphatic rings. The molecular weight excluding hydrogens is 236 g/mol. The molecule has 3 heteroatoms. The molecule has 0 N–H and O–H groups in total. The van der Waals surface area contributed by atoms with Crippen molar-refractivity contribution in [2.24, 2.45) is 4.99 Å². The average Bonchev–Trinajstić information content (AvgIpc) is 2.44. The average molecular weight is 266 g/mol. The van der Waals surface area contributed by atoms with Gasteiger partial charge in [-0.2, -0.15) is 0 Å². The van der Waals surface area contributed by atoms with Crippen LogP contribution in [0, 0.1) is 0 Å². The third-order valence-corrected chi connectivity index (χ3v) is 3.25. The van der Waals surface area contributed by atoms with Gasteiger partial charge in [-0.1, -0.05) is 25.5 Å². The molecule has 0 aliphatic carbocycles. The van der Waals surface area contributed by atoms with Gasteiger partial charge in [0.15, 0.2) is 5.90 Å². The van der Waals surface area contributed by atoms with Gasteiger partial charge in [0.25, 0.3) is 0 Å². The Morgan fingerprint density at radius 3 is 2.42 bits per heavy atom. The normalized spacial score (nSPS) is 14.2. The van der Waals surface area contributed by atoms with Crippen molar-refractivity contribution in [2.45, 2.75) is 47.5 Å². The fraction of sp³-hybridized carbons (Fsp3) is 0.688. The first-order valence-corrected chi connectivity index (χ1v) is 7.23. The Hall–Kier alpha value is -1.09. The van der Waals surface area contributed by atoms with Gasteiger partial charge >= 0.3 is 0 Å². The van der Waals surface area contributed by atoms with Crippen LogP contribution in [-0.4, -0.2) is 37.5 Å². The minimum absolute atomic E-state index is 0.743. The molecular formula is C16H30N2O. The first-order chi connectivity index (χ1) is 9.04. The predicted octanol–water partition coefficient (Wildman–Crippen LogP) is 4.02. The molecule has 0 aromatic rings. The summed E-state index contributed by atoms with van der Waals surface area (Å²) in [7, 11) is 2.13. The zero-order chi connectivity index (χ0) is 14.7. The number of nitrogens with zero attached hydrogens (tertiary/aromatic N) is 2. The van der Waals surface area contributed by atoms with E-state index in [1.54, 1.807) is 0 Å². The molecule has 0 aliphatic heterocycles. The highest BCUT2D eigenvalue weighted by atomic mass is 16.5. The van der Waals surface area contributed by atoms with Crippen LogP contribution in [0.15, 0.2) is 28.4 Å². The second kappa shape index (κ2) is 10.8. The van der Waals surface area contributed by atoms with E-state index in [4.69, 9.17) is 4.74 Å². The Kier molecular flexibility index (Phi) is 10.2. The lowest BCUT2D eigenvalue weighted by Gasteiger charge is -2.13. The van der Waals surface area contributed by atoms with Crippen molar-refractivity contribution in [1.29, 1.82) is 0 Å². The topological polar surface area (TPSA) is 24.8 Å². The van der Waals surface area contributed by atoms with E-state index in [1.165, 1.54) is 11.1 Å². The zero-order valence-corrected chi connectivity index (χ0v) is 13.5. The molecule has 0 aromatic heterocycles. The number of hydrogen-bond donors (Lipinski definition) is 0. The maximum Gasteiger partial charge on any atom is 0.187 e. The van der Waals surface area contributed by atoms with E-state index >= 15 is 0 Å². The predicted molar refractivity (Wildman–Crippen MR) is 84.7 cm³/mol. The first kappa shape index (κ1) is 17.9. The molecule has 0 spiro atoms. The Morgan fingerprint density at radius 2 is 1.89 bits per heavy atom. The van der Waals surface area contributed by atoms with Crippen LogP contribution in [0.3, 0.4) is 0 Å². The summed E-state index contributed by atoms with van der Waals surface area (Å²) in [6.07, 6.45) is 5.86. The molecule has 19 heavy (non-hydrogen) atoms. The molecule has 0 fully saturated rings. The van der Waals surface area contributed by atoms with E-state index in [2.05, 4.69) is 50.7 Å². The van der Waals surface area contributed by atoms with Crippen LogP contribution < -0.4 is 0 Å². The number of hydrogen-bond acceptors (Lipinski definition) is 3. The summed E-state index contributed by atoms with van der Waals surface area (Å²) in [5.41, 5.74) is 2.44. The van der Waals surface area contributed by atoms with Gasteiger partial charge in [0.1, 0.15) is 0 Å². The molecule has 0 saturated heterocycles. The molecule has 0 bridgehead atoms. The van der Waals surface area contributed by atoms with E-state index in [0.717, 1.165) is 38.4 Å². The molecule has 0 atom stereocenters. The highest BCUT2D eigenvalue weighted by molar-refractivity contribution is 5.76. The van der Waals surface area contributed by atoms with Crippen LogP contribution in [0.5, 0.6) is 0 Å². The van der Waals surface area contributed by atoms with E-state index in [0.29, 0.717) is 0 Å². The molecule has 110 valence electrons.